The maximum atomic E-state index is 12.0. The number of rotatable bonds is 2. The second-order valence-electron chi connectivity index (χ2n) is 4.17. The van der Waals surface area contributed by atoms with Crippen LogP contribution in [-0.2, 0) is 0 Å². The van der Waals surface area contributed by atoms with Crippen molar-refractivity contribution >= 4 is 46.1 Å². The van der Waals surface area contributed by atoms with Crippen molar-refractivity contribution < 1.29 is 0 Å². The highest BCUT2D eigenvalue weighted by atomic mass is 32.1. The van der Waals surface area contributed by atoms with E-state index in [1.807, 2.05) is 6.07 Å². The summed E-state index contributed by atoms with van der Waals surface area (Å²) in [7, 11) is 0. The summed E-state index contributed by atoms with van der Waals surface area (Å²) in [5.41, 5.74) is 0.352. The number of hydrogen-bond acceptors (Lipinski definition) is 5. The van der Waals surface area contributed by atoms with Gasteiger partial charge in [0.1, 0.15) is 10.8 Å². The van der Waals surface area contributed by atoms with Crippen LogP contribution in [0.15, 0.2) is 41.3 Å². The largest absolute Gasteiger partial charge is 0.330 e. The third-order valence-corrected chi connectivity index (χ3v) is 3.25. The normalized spacial score (nSPS) is 10.5. The van der Waals surface area contributed by atoms with Gasteiger partial charge in [0.2, 0.25) is 0 Å². The van der Waals surface area contributed by atoms with Crippen LogP contribution in [0.3, 0.4) is 0 Å². The molecule has 0 saturated carbocycles. The SMILES string of the molecule is O=c1[nH]c(C(=S)Nc2ccnc(=S)[nH]2)nc2ccccc12. The van der Waals surface area contributed by atoms with E-state index in [0.29, 0.717) is 27.3 Å². The molecule has 0 fully saturated rings. The summed E-state index contributed by atoms with van der Waals surface area (Å²) in [6.45, 7) is 0. The molecule has 0 aliphatic rings. The summed E-state index contributed by atoms with van der Waals surface area (Å²) in [6, 6.07) is 8.75. The standard InChI is InChI=1S/C13H9N5OS2/c19-11-7-3-1-2-4-8(7)15-10(18-11)12(20)16-9-5-6-14-13(21)17-9/h1-6H,(H,15,18,19)(H2,14,16,17,20,21). The molecule has 0 aliphatic carbocycles. The average molecular weight is 315 g/mol. The van der Waals surface area contributed by atoms with Crippen LogP contribution in [0.1, 0.15) is 5.82 Å². The summed E-state index contributed by atoms with van der Waals surface area (Å²) in [4.78, 5) is 26.0. The minimum atomic E-state index is -0.234. The molecule has 0 saturated heterocycles. The number of benzene rings is 1. The van der Waals surface area contributed by atoms with Gasteiger partial charge in [-0.2, -0.15) is 0 Å². The topological polar surface area (TPSA) is 86.5 Å². The van der Waals surface area contributed by atoms with Gasteiger partial charge in [-0.15, -0.1) is 0 Å². The van der Waals surface area contributed by atoms with Gasteiger partial charge in [0.15, 0.2) is 10.6 Å². The highest BCUT2D eigenvalue weighted by Gasteiger charge is 2.08. The maximum Gasteiger partial charge on any atom is 0.259 e. The Morgan fingerprint density at radius 2 is 2.00 bits per heavy atom. The Balaban J connectivity index is 1.98. The minimum Gasteiger partial charge on any atom is -0.330 e. The van der Waals surface area contributed by atoms with E-state index in [2.05, 4.69) is 25.3 Å². The van der Waals surface area contributed by atoms with Crippen molar-refractivity contribution in [3.05, 3.63) is 57.5 Å². The third-order valence-electron chi connectivity index (χ3n) is 2.75. The number of nitrogens with zero attached hydrogens (tertiary/aromatic N) is 2. The van der Waals surface area contributed by atoms with Crippen molar-refractivity contribution in [2.24, 2.45) is 0 Å². The van der Waals surface area contributed by atoms with Gasteiger partial charge >= 0.3 is 0 Å². The van der Waals surface area contributed by atoms with E-state index in [1.54, 1.807) is 30.5 Å². The van der Waals surface area contributed by atoms with Gasteiger partial charge in [0.25, 0.3) is 5.56 Å². The number of aromatic nitrogens is 4. The zero-order valence-corrected chi connectivity index (χ0v) is 12.2. The lowest BCUT2D eigenvalue weighted by atomic mass is 10.2. The number of thiocarbonyl (C=S) groups is 1. The van der Waals surface area contributed by atoms with Crippen LogP contribution in [0.5, 0.6) is 0 Å². The van der Waals surface area contributed by atoms with Crippen molar-refractivity contribution in [2.45, 2.75) is 0 Å². The summed E-state index contributed by atoms with van der Waals surface area (Å²) in [5.74, 6) is 0.876. The molecule has 104 valence electrons. The number of aromatic amines is 2. The molecule has 1 aromatic carbocycles. The van der Waals surface area contributed by atoms with Crippen LogP contribution in [-0.4, -0.2) is 24.9 Å². The molecule has 0 spiro atoms. The smallest absolute Gasteiger partial charge is 0.259 e. The van der Waals surface area contributed by atoms with Crippen molar-refractivity contribution in [3.8, 4) is 0 Å². The maximum absolute atomic E-state index is 12.0. The highest BCUT2D eigenvalue weighted by molar-refractivity contribution is 7.81. The van der Waals surface area contributed by atoms with Crippen molar-refractivity contribution in [1.82, 2.24) is 19.9 Å². The van der Waals surface area contributed by atoms with E-state index in [-0.39, 0.29) is 10.5 Å². The number of nitrogens with one attached hydrogen (secondary N) is 3. The predicted octanol–water partition coefficient (Wildman–Crippen LogP) is 2.16. The van der Waals surface area contributed by atoms with E-state index in [1.165, 1.54) is 0 Å². The van der Waals surface area contributed by atoms with Crippen LogP contribution in [0, 0.1) is 4.77 Å². The fourth-order valence-corrected chi connectivity index (χ4v) is 2.19. The lowest BCUT2D eigenvalue weighted by molar-refractivity contribution is 1.12. The molecule has 0 amide bonds. The molecule has 2 aromatic heterocycles. The molecular weight excluding hydrogens is 306 g/mol. The zero-order valence-electron chi connectivity index (χ0n) is 10.6. The van der Waals surface area contributed by atoms with Crippen molar-refractivity contribution in [3.63, 3.8) is 0 Å². The Hall–Kier alpha value is -2.45. The Morgan fingerprint density at radius 1 is 1.19 bits per heavy atom. The van der Waals surface area contributed by atoms with Crippen molar-refractivity contribution in [1.29, 1.82) is 0 Å². The van der Waals surface area contributed by atoms with E-state index in [9.17, 15) is 4.79 Å². The van der Waals surface area contributed by atoms with Gasteiger partial charge in [-0.3, -0.25) is 4.79 Å². The third kappa shape index (κ3) is 2.86. The lowest BCUT2D eigenvalue weighted by Gasteiger charge is -2.07. The van der Waals surface area contributed by atoms with Gasteiger partial charge in [-0.1, -0.05) is 24.4 Å². The molecule has 6 nitrogen and oxygen atoms in total. The molecular formula is C13H9N5OS2. The van der Waals surface area contributed by atoms with E-state index in [4.69, 9.17) is 24.4 Å². The molecule has 8 heteroatoms. The summed E-state index contributed by atoms with van der Waals surface area (Å²) in [6.07, 6.45) is 1.56. The van der Waals surface area contributed by atoms with Gasteiger partial charge < -0.3 is 15.3 Å². The monoisotopic (exact) mass is 315 g/mol. The average Bonchev–Trinajstić information content (AvgIpc) is 2.47. The van der Waals surface area contributed by atoms with Gasteiger partial charge in [-0.05, 0) is 30.4 Å². The van der Waals surface area contributed by atoms with Crippen LogP contribution in [0.4, 0.5) is 5.82 Å². The second-order valence-corrected chi connectivity index (χ2v) is 4.97. The molecule has 0 aliphatic heterocycles. The Morgan fingerprint density at radius 3 is 2.81 bits per heavy atom. The van der Waals surface area contributed by atoms with E-state index in [0.717, 1.165) is 0 Å². The second kappa shape index (κ2) is 5.51. The Labute approximate surface area is 129 Å². The number of anilines is 1. The first kappa shape index (κ1) is 13.5. The quantitative estimate of drug-likeness (QED) is 0.628. The van der Waals surface area contributed by atoms with Crippen LogP contribution >= 0.6 is 24.4 Å². The van der Waals surface area contributed by atoms with E-state index < -0.39 is 0 Å². The summed E-state index contributed by atoms with van der Waals surface area (Å²) < 4.78 is 0.336. The molecule has 21 heavy (non-hydrogen) atoms. The number of fused-ring (bicyclic) bond motifs is 1. The first-order chi connectivity index (χ1) is 10.1. The number of para-hydroxylation sites is 1. The van der Waals surface area contributed by atoms with Crippen molar-refractivity contribution in [2.75, 3.05) is 5.32 Å². The highest BCUT2D eigenvalue weighted by Crippen LogP contribution is 2.07. The molecule has 2 heterocycles. The molecule has 3 rings (SSSR count). The molecule has 3 N–H and O–H groups in total. The first-order valence-electron chi connectivity index (χ1n) is 5.99. The zero-order chi connectivity index (χ0) is 14.8. The first-order valence-corrected chi connectivity index (χ1v) is 6.81. The number of hydrogen-bond donors (Lipinski definition) is 3. The molecule has 3 aromatic rings. The van der Waals surface area contributed by atoms with Gasteiger partial charge in [0.05, 0.1) is 10.9 Å². The van der Waals surface area contributed by atoms with Crippen LogP contribution in [0.25, 0.3) is 10.9 Å². The van der Waals surface area contributed by atoms with Gasteiger partial charge in [0, 0.05) is 6.20 Å². The molecule has 0 atom stereocenters. The number of H-pyrrole nitrogens is 2. The Bertz CT molecular complexity index is 947. The van der Waals surface area contributed by atoms with Crippen LogP contribution < -0.4 is 10.9 Å². The minimum absolute atomic E-state index is 0.234. The summed E-state index contributed by atoms with van der Waals surface area (Å²) in [5, 5.41) is 3.45. The molecule has 0 radical (unpaired) electrons. The molecule has 0 unspecified atom stereocenters. The fraction of sp³-hybridized carbons (Fsp3) is 0. The predicted molar refractivity (Wildman–Crippen MR) is 87.1 cm³/mol. The van der Waals surface area contributed by atoms with Gasteiger partial charge in [-0.25, -0.2) is 9.97 Å². The van der Waals surface area contributed by atoms with E-state index >= 15 is 0 Å². The lowest BCUT2D eigenvalue weighted by Crippen LogP contribution is -2.20. The Kier molecular flexibility index (Phi) is 3.55. The molecule has 0 bridgehead atoms. The summed E-state index contributed by atoms with van der Waals surface area (Å²) >= 11 is 10.2. The fourth-order valence-electron chi connectivity index (χ4n) is 1.82. The van der Waals surface area contributed by atoms with Crippen LogP contribution in [0.2, 0.25) is 0 Å².